The Bertz CT molecular complexity index is 412. The first-order chi connectivity index (χ1) is 8.22. The van der Waals surface area contributed by atoms with Crippen molar-refractivity contribution in [1.29, 1.82) is 0 Å². The van der Waals surface area contributed by atoms with Gasteiger partial charge in [0.2, 0.25) is 0 Å². The van der Waals surface area contributed by atoms with Gasteiger partial charge in [-0.05, 0) is 36.5 Å². The van der Waals surface area contributed by atoms with Gasteiger partial charge in [0, 0.05) is 0 Å². The van der Waals surface area contributed by atoms with Crippen LogP contribution in [0.5, 0.6) is 5.75 Å². The zero-order valence-corrected chi connectivity index (χ0v) is 9.78. The average Bonchev–Trinajstić information content (AvgIpc) is 2.39. The molecule has 4 heteroatoms. The molecule has 1 aromatic carbocycles. The predicted molar refractivity (Wildman–Crippen MR) is 65.6 cm³/mol. The van der Waals surface area contributed by atoms with Crippen LogP contribution in [0.2, 0.25) is 0 Å². The topological polar surface area (TPSA) is 75.3 Å². The van der Waals surface area contributed by atoms with Crippen LogP contribution in [-0.2, 0) is 0 Å². The highest BCUT2D eigenvalue weighted by atomic mass is 16.3. The fraction of sp³-hybridized carbons (Fsp3) is 0.462. The SMILES string of the molecule is NNC(=O)c1cc(C2CCCCC2)ccc1O. The normalized spacial score (nSPS) is 16.8. The van der Waals surface area contributed by atoms with Crippen molar-refractivity contribution in [2.45, 2.75) is 38.0 Å². The average molecular weight is 234 g/mol. The van der Waals surface area contributed by atoms with E-state index in [-0.39, 0.29) is 11.3 Å². The Hall–Kier alpha value is -1.55. The lowest BCUT2D eigenvalue weighted by molar-refractivity contribution is 0.0951. The Balaban J connectivity index is 2.26. The molecule has 0 unspecified atom stereocenters. The van der Waals surface area contributed by atoms with Crippen molar-refractivity contribution in [3.05, 3.63) is 29.3 Å². The number of nitrogens with two attached hydrogens (primary N) is 1. The number of hydrogen-bond acceptors (Lipinski definition) is 3. The third-order valence-corrected chi connectivity index (χ3v) is 3.47. The number of hydrogen-bond donors (Lipinski definition) is 3. The van der Waals surface area contributed by atoms with Crippen LogP contribution in [-0.4, -0.2) is 11.0 Å². The molecule has 1 aliphatic rings. The first-order valence-corrected chi connectivity index (χ1v) is 6.06. The molecule has 0 atom stereocenters. The molecule has 1 saturated carbocycles. The Kier molecular flexibility index (Phi) is 3.64. The molecule has 1 aromatic rings. The molecule has 0 heterocycles. The summed E-state index contributed by atoms with van der Waals surface area (Å²) in [5, 5.41) is 9.62. The lowest BCUT2D eigenvalue weighted by Gasteiger charge is -2.22. The van der Waals surface area contributed by atoms with Gasteiger partial charge >= 0.3 is 0 Å². The van der Waals surface area contributed by atoms with Gasteiger partial charge in [0.15, 0.2) is 0 Å². The fourth-order valence-corrected chi connectivity index (χ4v) is 2.50. The first kappa shape index (κ1) is 11.9. The molecule has 1 fully saturated rings. The summed E-state index contributed by atoms with van der Waals surface area (Å²) < 4.78 is 0. The number of phenols is 1. The largest absolute Gasteiger partial charge is 0.507 e. The molecular formula is C13H18N2O2. The smallest absolute Gasteiger partial charge is 0.268 e. The van der Waals surface area contributed by atoms with Crippen molar-refractivity contribution in [2.24, 2.45) is 5.84 Å². The van der Waals surface area contributed by atoms with Crippen molar-refractivity contribution in [2.75, 3.05) is 0 Å². The number of benzene rings is 1. The van der Waals surface area contributed by atoms with E-state index in [1.807, 2.05) is 6.07 Å². The van der Waals surface area contributed by atoms with Crippen LogP contribution in [0.4, 0.5) is 0 Å². The molecular weight excluding hydrogens is 216 g/mol. The summed E-state index contributed by atoms with van der Waals surface area (Å²) in [4.78, 5) is 11.5. The van der Waals surface area contributed by atoms with Crippen LogP contribution < -0.4 is 11.3 Å². The van der Waals surface area contributed by atoms with Crippen LogP contribution in [0.3, 0.4) is 0 Å². The molecule has 0 bridgehead atoms. The van der Waals surface area contributed by atoms with E-state index >= 15 is 0 Å². The van der Waals surface area contributed by atoms with E-state index < -0.39 is 5.91 Å². The molecule has 1 amide bonds. The van der Waals surface area contributed by atoms with Crippen molar-refractivity contribution >= 4 is 5.91 Å². The van der Waals surface area contributed by atoms with Gasteiger partial charge in [-0.25, -0.2) is 5.84 Å². The number of nitrogen functional groups attached to an aromatic ring is 1. The van der Waals surface area contributed by atoms with Gasteiger partial charge in [0.1, 0.15) is 5.75 Å². The summed E-state index contributed by atoms with van der Waals surface area (Å²) in [6.07, 6.45) is 6.10. The van der Waals surface area contributed by atoms with Gasteiger partial charge in [0.05, 0.1) is 5.56 Å². The molecule has 0 radical (unpaired) electrons. The highest BCUT2D eigenvalue weighted by Crippen LogP contribution is 2.34. The second kappa shape index (κ2) is 5.19. The summed E-state index contributed by atoms with van der Waals surface area (Å²) in [5.41, 5.74) is 3.44. The van der Waals surface area contributed by atoms with Crippen molar-refractivity contribution < 1.29 is 9.90 Å². The number of amides is 1. The fourth-order valence-electron chi connectivity index (χ4n) is 2.50. The summed E-state index contributed by atoms with van der Waals surface area (Å²) in [5.74, 6) is 5.13. The van der Waals surface area contributed by atoms with E-state index in [0.29, 0.717) is 5.92 Å². The molecule has 0 aliphatic heterocycles. The highest BCUT2D eigenvalue weighted by molar-refractivity contribution is 5.96. The first-order valence-electron chi connectivity index (χ1n) is 6.06. The number of rotatable bonds is 2. The van der Waals surface area contributed by atoms with E-state index in [9.17, 15) is 9.90 Å². The summed E-state index contributed by atoms with van der Waals surface area (Å²) >= 11 is 0. The molecule has 0 aromatic heterocycles. The second-order valence-electron chi connectivity index (χ2n) is 4.58. The summed E-state index contributed by atoms with van der Waals surface area (Å²) in [6, 6.07) is 5.24. The van der Waals surface area contributed by atoms with Gasteiger partial charge in [-0.3, -0.25) is 10.2 Å². The number of carbonyl (C=O) groups is 1. The minimum Gasteiger partial charge on any atom is -0.507 e. The molecule has 17 heavy (non-hydrogen) atoms. The number of aromatic hydroxyl groups is 1. The third kappa shape index (κ3) is 2.58. The van der Waals surface area contributed by atoms with Crippen molar-refractivity contribution in [3.8, 4) is 5.75 Å². The summed E-state index contributed by atoms with van der Waals surface area (Å²) in [7, 11) is 0. The molecule has 2 rings (SSSR count). The minimum atomic E-state index is -0.444. The standard InChI is InChI=1S/C13H18N2O2/c14-15-13(17)11-8-10(6-7-12(11)16)9-4-2-1-3-5-9/h6-9,16H,1-5,14H2,(H,15,17). The number of carbonyl (C=O) groups excluding carboxylic acids is 1. The van der Waals surface area contributed by atoms with Gasteiger partial charge in [0.25, 0.3) is 5.91 Å². The van der Waals surface area contributed by atoms with E-state index in [1.54, 1.807) is 12.1 Å². The second-order valence-corrected chi connectivity index (χ2v) is 4.58. The highest BCUT2D eigenvalue weighted by Gasteiger charge is 2.18. The Morgan fingerprint density at radius 1 is 1.29 bits per heavy atom. The van der Waals surface area contributed by atoms with Gasteiger partial charge in [-0.15, -0.1) is 0 Å². The number of nitrogens with one attached hydrogen (secondary N) is 1. The van der Waals surface area contributed by atoms with Crippen LogP contribution >= 0.6 is 0 Å². The Morgan fingerprint density at radius 3 is 2.65 bits per heavy atom. The zero-order valence-electron chi connectivity index (χ0n) is 9.78. The van der Waals surface area contributed by atoms with E-state index in [0.717, 1.165) is 18.4 Å². The van der Waals surface area contributed by atoms with E-state index in [2.05, 4.69) is 5.43 Å². The maximum absolute atomic E-state index is 11.5. The predicted octanol–water partition coefficient (Wildman–Crippen LogP) is 2.04. The van der Waals surface area contributed by atoms with E-state index in [1.165, 1.54) is 19.3 Å². The Labute approximate surface area is 101 Å². The number of phenolic OH excluding ortho intramolecular Hbond substituents is 1. The maximum Gasteiger partial charge on any atom is 0.268 e. The molecule has 0 spiro atoms. The zero-order chi connectivity index (χ0) is 12.3. The van der Waals surface area contributed by atoms with Crippen LogP contribution in [0, 0.1) is 0 Å². The van der Waals surface area contributed by atoms with Crippen molar-refractivity contribution in [1.82, 2.24) is 5.43 Å². The molecule has 0 saturated heterocycles. The van der Waals surface area contributed by atoms with E-state index in [4.69, 9.17) is 5.84 Å². The number of hydrazine groups is 1. The van der Waals surface area contributed by atoms with Gasteiger partial charge in [-0.1, -0.05) is 25.3 Å². The summed E-state index contributed by atoms with van der Waals surface area (Å²) in [6.45, 7) is 0. The van der Waals surface area contributed by atoms with Crippen molar-refractivity contribution in [3.63, 3.8) is 0 Å². The van der Waals surface area contributed by atoms with Crippen LogP contribution in [0.1, 0.15) is 53.9 Å². The quantitative estimate of drug-likeness (QED) is 0.416. The molecule has 1 aliphatic carbocycles. The lowest BCUT2D eigenvalue weighted by Crippen LogP contribution is -2.30. The van der Waals surface area contributed by atoms with Gasteiger partial charge < -0.3 is 5.11 Å². The molecule has 4 N–H and O–H groups in total. The maximum atomic E-state index is 11.5. The van der Waals surface area contributed by atoms with Gasteiger partial charge in [-0.2, -0.15) is 0 Å². The third-order valence-electron chi connectivity index (χ3n) is 3.47. The molecule has 4 nitrogen and oxygen atoms in total. The minimum absolute atomic E-state index is 0.0208. The lowest BCUT2D eigenvalue weighted by atomic mass is 9.83. The molecule has 92 valence electrons. The monoisotopic (exact) mass is 234 g/mol. The van der Waals surface area contributed by atoms with Crippen LogP contribution in [0.15, 0.2) is 18.2 Å². The Morgan fingerprint density at radius 2 is 2.00 bits per heavy atom. The van der Waals surface area contributed by atoms with Crippen LogP contribution in [0.25, 0.3) is 0 Å².